The minimum absolute atomic E-state index is 0.0373. The third-order valence-corrected chi connectivity index (χ3v) is 3.39. The van der Waals surface area contributed by atoms with Crippen molar-refractivity contribution in [2.75, 3.05) is 18.5 Å². The number of urea groups is 1. The fourth-order valence-electron chi connectivity index (χ4n) is 2.33. The largest absolute Gasteiger partial charge is 0.419 e. The van der Waals surface area contributed by atoms with Gasteiger partial charge in [0.05, 0.1) is 24.3 Å². The number of carbonyl (C=O) groups is 1. The summed E-state index contributed by atoms with van der Waals surface area (Å²) in [6.45, 7) is -0.411. The highest BCUT2D eigenvalue weighted by Crippen LogP contribution is 2.33. The number of hydrogen-bond acceptors (Lipinski definition) is 3. The average Bonchev–Trinajstić information content (AvgIpc) is 2.81. The van der Waals surface area contributed by atoms with E-state index in [9.17, 15) is 27.5 Å². The molecule has 2 rings (SSSR count). The fourth-order valence-corrected chi connectivity index (χ4v) is 2.33. The average molecular weight is 322 g/mol. The van der Waals surface area contributed by atoms with Gasteiger partial charge in [-0.3, -0.25) is 0 Å². The molecule has 1 heterocycles. The summed E-state index contributed by atoms with van der Waals surface area (Å²) in [5.41, 5.74) is -1.71. The van der Waals surface area contributed by atoms with E-state index >= 15 is 0 Å². The molecule has 2 amide bonds. The lowest BCUT2D eigenvalue weighted by molar-refractivity contribution is -0.139. The van der Waals surface area contributed by atoms with Crippen LogP contribution in [-0.4, -0.2) is 46.4 Å². The minimum atomic E-state index is -4.87. The predicted molar refractivity (Wildman–Crippen MR) is 68.6 cm³/mol. The molecule has 0 spiro atoms. The Kier molecular flexibility index (Phi) is 4.57. The summed E-state index contributed by atoms with van der Waals surface area (Å²) in [6.07, 6.45) is -5.49. The van der Waals surface area contributed by atoms with Crippen molar-refractivity contribution in [2.24, 2.45) is 0 Å². The minimum Gasteiger partial charge on any atom is -0.394 e. The molecule has 9 heteroatoms. The molecule has 0 aromatic heterocycles. The van der Waals surface area contributed by atoms with Crippen LogP contribution in [0.3, 0.4) is 0 Å². The molecular weight excluding hydrogens is 308 g/mol. The number of benzene rings is 1. The van der Waals surface area contributed by atoms with Gasteiger partial charge < -0.3 is 20.4 Å². The number of rotatable bonds is 2. The number of alkyl halides is 3. The zero-order valence-electron chi connectivity index (χ0n) is 11.3. The van der Waals surface area contributed by atoms with Crippen LogP contribution in [0.5, 0.6) is 0 Å². The van der Waals surface area contributed by atoms with Crippen molar-refractivity contribution < 1.29 is 32.6 Å². The third-order valence-electron chi connectivity index (χ3n) is 3.39. The van der Waals surface area contributed by atoms with E-state index < -0.39 is 35.7 Å². The van der Waals surface area contributed by atoms with Crippen molar-refractivity contribution in [1.29, 1.82) is 0 Å². The number of carbonyl (C=O) groups excluding carboxylic acids is 1. The molecule has 5 nitrogen and oxygen atoms in total. The summed E-state index contributed by atoms with van der Waals surface area (Å²) in [5, 5.41) is 20.8. The molecule has 1 aliphatic heterocycles. The van der Waals surface area contributed by atoms with Crippen molar-refractivity contribution in [3.63, 3.8) is 0 Å². The predicted octanol–water partition coefficient (Wildman–Crippen LogP) is 1.80. The monoisotopic (exact) mass is 322 g/mol. The normalized spacial score (nSPS) is 22.0. The van der Waals surface area contributed by atoms with Crippen LogP contribution in [0.1, 0.15) is 12.0 Å². The van der Waals surface area contributed by atoms with Crippen LogP contribution in [0, 0.1) is 5.82 Å². The Balaban J connectivity index is 2.15. The highest BCUT2D eigenvalue weighted by Gasteiger charge is 2.36. The molecule has 0 unspecified atom stereocenters. The number of nitrogens with one attached hydrogen (secondary N) is 1. The Morgan fingerprint density at radius 1 is 1.41 bits per heavy atom. The van der Waals surface area contributed by atoms with E-state index in [4.69, 9.17) is 5.11 Å². The van der Waals surface area contributed by atoms with Crippen LogP contribution >= 0.6 is 0 Å². The lowest BCUT2D eigenvalue weighted by Crippen LogP contribution is -2.40. The van der Waals surface area contributed by atoms with Crippen LogP contribution < -0.4 is 5.32 Å². The Hall–Kier alpha value is -1.87. The van der Waals surface area contributed by atoms with Gasteiger partial charge in [0.25, 0.3) is 0 Å². The zero-order valence-corrected chi connectivity index (χ0v) is 11.3. The number of anilines is 1. The van der Waals surface area contributed by atoms with Crippen molar-refractivity contribution in [3.05, 3.63) is 29.6 Å². The Bertz CT molecular complexity index is 565. The molecule has 122 valence electrons. The number of hydrogen-bond donors (Lipinski definition) is 3. The molecule has 3 N–H and O–H groups in total. The summed E-state index contributed by atoms with van der Waals surface area (Å²) in [4.78, 5) is 13.1. The molecule has 0 saturated carbocycles. The molecule has 1 aromatic carbocycles. The van der Waals surface area contributed by atoms with Gasteiger partial charge in [0.1, 0.15) is 5.82 Å². The molecule has 1 aliphatic rings. The number of nitrogens with zero attached hydrogens (tertiary/aromatic N) is 1. The number of likely N-dealkylation sites (tertiary alicyclic amines) is 1. The summed E-state index contributed by atoms with van der Waals surface area (Å²) in [5.74, 6) is -1.43. The number of amides is 2. The van der Waals surface area contributed by atoms with Crippen molar-refractivity contribution in [1.82, 2.24) is 4.90 Å². The molecule has 1 aromatic rings. The first kappa shape index (κ1) is 16.5. The van der Waals surface area contributed by atoms with Crippen molar-refractivity contribution in [3.8, 4) is 0 Å². The molecule has 1 saturated heterocycles. The second kappa shape index (κ2) is 6.09. The topological polar surface area (TPSA) is 72.8 Å². The molecule has 1 fully saturated rings. The number of aliphatic hydroxyl groups excluding tert-OH is 2. The first-order valence-corrected chi connectivity index (χ1v) is 6.45. The SMILES string of the molecule is O=C(Nc1ccc(F)c(C(F)(F)F)c1)N1C[C@H](O)C[C@H]1CO. The fraction of sp³-hybridized carbons (Fsp3) is 0.462. The lowest BCUT2D eigenvalue weighted by Gasteiger charge is -2.23. The Labute approximate surface area is 123 Å². The first-order valence-electron chi connectivity index (χ1n) is 6.45. The quantitative estimate of drug-likeness (QED) is 0.727. The molecular formula is C13H14F4N2O3. The highest BCUT2D eigenvalue weighted by molar-refractivity contribution is 5.89. The van der Waals surface area contributed by atoms with E-state index in [1.807, 2.05) is 0 Å². The van der Waals surface area contributed by atoms with Crippen LogP contribution in [0.2, 0.25) is 0 Å². The van der Waals surface area contributed by atoms with E-state index in [1.165, 1.54) is 0 Å². The van der Waals surface area contributed by atoms with E-state index in [1.54, 1.807) is 0 Å². The first-order chi connectivity index (χ1) is 10.2. The van der Waals surface area contributed by atoms with Crippen molar-refractivity contribution >= 4 is 11.7 Å². The van der Waals surface area contributed by atoms with Gasteiger partial charge in [-0.2, -0.15) is 13.2 Å². The van der Waals surface area contributed by atoms with E-state index in [0.29, 0.717) is 12.1 Å². The molecule has 0 aliphatic carbocycles. The summed E-state index contributed by atoms with van der Waals surface area (Å²) in [6, 6.07) is 0.727. The van der Waals surface area contributed by atoms with E-state index in [2.05, 4.69) is 5.32 Å². The molecule has 2 atom stereocenters. The van der Waals surface area contributed by atoms with E-state index in [0.717, 1.165) is 11.0 Å². The molecule has 0 bridgehead atoms. The summed E-state index contributed by atoms with van der Waals surface area (Å²) >= 11 is 0. The van der Waals surface area contributed by atoms with Gasteiger partial charge in [-0.05, 0) is 24.6 Å². The maximum atomic E-state index is 13.2. The van der Waals surface area contributed by atoms with Crippen LogP contribution in [0.15, 0.2) is 18.2 Å². The van der Waals surface area contributed by atoms with Crippen LogP contribution in [0.4, 0.5) is 28.0 Å². The maximum Gasteiger partial charge on any atom is 0.419 e. The lowest BCUT2D eigenvalue weighted by atomic mass is 10.2. The van der Waals surface area contributed by atoms with Gasteiger partial charge in [-0.25, -0.2) is 9.18 Å². The van der Waals surface area contributed by atoms with E-state index in [-0.39, 0.29) is 25.3 Å². The van der Waals surface area contributed by atoms with Gasteiger partial charge in [-0.1, -0.05) is 0 Å². The summed E-state index contributed by atoms with van der Waals surface area (Å²) < 4.78 is 51.0. The van der Waals surface area contributed by atoms with Gasteiger partial charge in [0.2, 0.25) is 0 Å². The Morgan fingerprint density at radius 3 is 2.68 bits per heavy atom. The van der Waals surface area contributed by atoms with Gasteiger partial charge in [0.15, 0.2) is 0 Å². The number of β-amino-alcohol motifs (C(OH)–C–C–N with tert-alkyl or cyclic N) is 1. The van der Waals surface area contributed by atoms with Crippen molar-refractivity contribution in [2.45, 2.75) is 24.7 Å². The second-order valence-corrected chi connectivity index (χ2v) is 5.00. The van der Waals surface area contributed by atoms with Crippen LogP contribution in [-0.2, 0) is 6.18 Å². The van der Waals surface area contributed by atoms with Gasteiger partial charge in [-0.15, -0.1) is 0 Å². The van der Waals surface area contributed by atoms with Gasteiger partial charge in [0, 0.05) is 12.2 Å². The molecule has 0 radical (unpaired) electrons. The number of halogens is 4. The van der Waals surface area contributed by atoms with Gasteiger partial charge >= 0.3 is 12.2 Å². The maximum absolute atomic E-state index is 13.2. The zero-order chi connectivity index (χ0) is 16.5. The highest BCUT2D eigenvalue weighted by atomic mass is 19.4. The smallest absolute Gasteiger partial charge is 0.394 e. The second-order valence-electron chi connectivity index (χ2n) is 5.00. The standard InChI is InChI=1S/C13H14F4N2O3/c14-11-2-1-7(3-10(11)13(15,16)17)18-12(22)19-5-9(21)4-8(19)6-20/h1-3,8-9,20-21H,4-6H2,(H,18,22)/t8-,9+/m0/s1. The summed E-state index contributed by atoms with van der Waals surface area (Å²) in [7, 11) is 0. The number of aliphatic hydroxyl groups is 2. The third kappa shape index (κ3) is 3.47. The van der Waals surface area contributed by atoms with Crippen LogP contribution in [0.25, 0.3) is 0 Å². The Morgan fingerprint density at radius 2 is 2.09 bits per heavy atom. The molecule has 22 heavy (non-hydrogen) atoms.